The van der Waals surface area contributed by atoms with E-state index in [1.165, 1.54) is 6.07 Å². The number of nitrogens with one attached hydrogen (secondary N) is 1. The van der Waals surface area contributed by atoms with Crippen molar-refractivity contribution in [1.82, 2.24) is 5.32 Å². The number of phenols is 1. The van der Waals surface area contributed by atoms with Crippen LogP contribution in [0.1, 0.15) is 28.3 Å². The van der Waals surface area contributed by atoms with Crippen molar-refractivity contribution in [2.45, 2.75) is 19.5 Å². The molecule has 0 atom stereocenters. The molecule has 4 rings (SSSR count). The fourth-order valence-corrected chi connectivity index (χ4v) is 3.49. The molecule has 0 saturated heterocycles. The maximum atomic E-state index is 12.1. The zero-order chi connectivity index (χ0) is 19.5. The van der Waals surface area contributed by atoms with E-state index in [0.717, 1.165) is 22.1 Å². The number of hydrogen-bond acceptors (Lipinski definition) is 4. The summed E-state index contributed by atoms with van der Waals surface area (Å²) in [7, 11) is 0. The average molecular weight is 371 g/mol. The molecule has 0 spiro atoms. The molecule has 3 aromatic carbocycles. The van der Waals surface area contributed by atoms with E-state index >= 15 is 0 Å². The maximum absolute atomic E-state index is 12.1. The van der Waals surface area contributed by atoms with E-state index in [1.54, 1.807) is 19.1 Å². The fraction of sp³-hybridized carbons (Fsp3) is 0.125. The van der Waals surface area contributed by atoms with Gasteiger partial charge in [0, 0.05) is 23.6 Å². The molecule has 0 fully saturated rings. The summed E-state index contributed by atoms with van der Waals surface area (Å²) in [6, 6.07) is 25.3. The number of hydrogen-bond donors (Lipinski definition) is 2. The van der Waals surface area contributed by atoms with Gasteiger partial charge in [-0.1, -0.05) is 60.7 Å². The summed E-state index contributed by atoms with van der Waals surface area (Å²) in [6.07, 6.45) is 0. The van der Waals surface area contributed by atoms with Crippen LogP contribution in [0.25, 0.3) is 11.0 Å². The molecule has 0 aliphatic heterocycles. The molecule has 0 unspecified atom stereocenters. The van der Waals surface area contributed by atoms with E-state index < -0.39 is 5.63 Å². The molecule has 0 aliphatic rings. The Morgan fingerprint density at radius 3 is 2.14 bits per heavy atom. The summed E-state index contributed by atoms with van der Waals surface area (Å²) >= 11 is 0. The minimum absolute atomic E-state index is 0.0112. The highest BCUT2D eigenvalue weighted by Crippen LogP contribution is 2.28. The summed E-state index contributed by atoms with van der Waals surface area (Å²) in [5.41, 5.74) is 3.71. The van der Waals surface area contributed by atoms with Gasteiger partial charge in [-0.2, -0.15) is 0 Å². The Balaban J connectivity index is 1.72. The maximum Gasteiger partial charge on any atom is 0.336 e. The zero-order valence-electron chi connectivity index (χ0n) is 15.6. The van der Waals surface area contributed by atoms with Gasteiger partial charge in [0.1, 0.15) is 11.3 Å². The van der Waals surface area contributed by atoms with Gasteiger partial charge in [-0.15, -0.1) is 0 Å². The van der Waals surface area contributed by atoms with Crippen molar-refractivity contribution < 1.29 is 9.52 Å². The van der Waals surface area contributed by atoms with Gasteiger partial charge in [-0.3, -0.25) is 0 Å². The Kier molecular flexibility index (Phi) is 4.96. The molecule has 1 aromatic heterocycles. The van der Waals surface area contributed by atoms with Crippen molar-refractivity contribution in [3.63, 3.8) is 0 Å². The highest BCUT2D eigenvalue weighted by atomic mass is 16.4. The van der Waals surface area contributed by atoms with Gasteiger partial charge in [0.25, 0.3) is 0 Å². The van der Waals surface area contributed by atoms with Crippen LogP contribution in [0.4, 0.5) is 0 Å². The lowest BCUT2D eigenvalue weighted by Gasteiger charge is -2.20. The number of fused-ring (bicyclic) bond motifs is 1. The van der Waals surface area contributed by atoms with Crippen molar-refractivity contribution in [2.24, 2.45) is 0 Å². The highest BCUT2D eigenvalue weighted by molar-refractivity contribution is 5.84. The van der Waals surface area contributed by atoms with Crippen molar-refractivity contribution >= 4 is 11.0 Å². The molecule has 28 heavy (non-hydrogen) atoms. The molecule has 140 valence electrons. The van der Waals surface area contributed by atoms with Crippen molar-refractivity contribution in [2.75, 3.05) is 0 Å². The van der Waals surface area contributed by atoms with Crippen LogP contribution in [0.2, 0.25) is 0 Å². The first-order valence-corrected chi connectivity index (χ1v) is 9.22. The van der Waals surface area contributed by atoms with Gasteiger partial charge in [0.2, 0.25) is 0 Å². The lowest BCUT2D eigenvalue weighted by molar-refractivity contribution is 0.468. The molecule has 0 amide bonds. The Bertz CT molecular complexity index is 1110. The van der Waals surface area contributed by atoms with E-state index in [2.05, 4.69) is 29.6 Å². The zero-order valence-corrected chi connectivity index (χ0v) is 15.6. The summed E-state index contributed by atoms with van der Waals surface area (Å²) in [5.74, 6) is 0.118. The van der Waals surface area contributed by atoms with Crippen molar-refractivity contribution in [1.29, 1.82) is 0 Å². The number of benzene rings is 3. The number of phenolic OH excluding ortho intramolecular Hbond substituents is 1. The molecule has 0 radical (unpaired) electrons. The topological polar surface area (TPSA) is 62.5 Å². The number of aromatic hydroxyl groups is 1. The lowest BCUT2D eigenvalue weighted by atomic mass is 9.98. The molecule has 4 nitrogen and oxygen atoms in total. The van der Waals surface area contributed by atoms with Gasteiger partial charge in [-0.05, 0) is 35.7 Å². The summed E-state index contributed by atoms with van der Waals surface area (Å²) in [5, 5.41) is 14.3. The first-order valence-electron chi connectivity index (χ1n) is 9.22. The van der Waals surface area contributed by atoms with E-state index in [9.17, 15) is 9.90 Å². The monoisotopic (exact) mass is 371 g/mol. The molecule has 0 saturated carbocycles. The van der Waals surface area contributed by atoms with Crippen LogP contribution in [0.3, 0.4) is 0 Å². The van der Waals surface area contributed by atoms with E-state index in [-0.39, 0.29) is 11.8 Å². The molecule has 1 heterocycles. The largest absolute Gasteiger partial charge is 0.508 e. The minimum atomic E-state index is -0.422. The molecule has 4 heteroatoms. The smallest absolute Gasteiger partial charge is 0.336 e. The van der Waals surface area contributed by atoms with Crippen molar-refractivity contribution in [3.8, 4) is 5.75 Å². The number of rotatable bonds is 5. The van der Waals surface area contributed by atoms with Gasteiger partial charge in [-0.25, -0.2) is 4.79 Å². The van der Waals surface area contributed by atoms with Crippen LogP contribution in [-0.4, -0.2) is 5.11 Å². The third-order valence-corrected chi connectivity index (χ3v) is 4.98. The second kappa shape index (κ2) is 7.71. The minimum Gasteiger partial charge on any atom is -0.508 e. The molecular formula is C24H21NO3. The van der Waals surface area contributed by atoms with Crippen LogP contribution in [0.15, 0.2) is 88.1 Å². The van der Waals surface area contributed by atoms with E-state index in [1.807, 2.05) is 36.4 Å². The second-order valence-corrected chi connectivity index (χ2v) is 6.81. The normalized spacial score (nSPS) is 11.2. The van der Waals surface area contributed by atoms with Crippen LogP contribution in [0, 0.1) is 6.92 Å². The Morgan fingerprint density at radius 1 is 0.929 bits per heavy atom. The van der Waals surface area contributed by atoms with Crippen LogP contribution in [-0.2, 0) is 6.54 Å². The molecular weight excluding hydrogens is 350 g/mol. The molecule has 0 bridgehead atoms. The van der Waals surface area contributed by atoms with Crippen LogP contribution < -0.4 is 10.9 Å². The molecule has 2 N–H and O–H groups in total. The fourth-order valence-electron chi connectivity index (χ4n) is 3.49. The molecule has 0 aliphatic carbocycles. The van der Waals surface area contributed by atoms with Gasteiger partial charge in [0.05, 0.1) is 6.04 Å². The first-order chi connectivity index (χ1) is 13.6. The van der Waals surface area contributed by atoms with Gasteiger partial charge >= 0.3 is 5.63 Å². The molecule has 4 aromatic rings. The third kappa shape index (κ3) is 3.55. The number of aryl methyl sites for hydroxylation is 1. The predicted octanol–water partition coefficient (Wildman–Crippen LogP) is 4.69. The van der Waals surface area contributed by atoms with Crippen molar-refractivity contribution in [3.05, 3.63) is 112 Å². The quantitative estimate of drug-likeness (QED) is 0.500. The van der Waals surface area contributed by atoms with Crippen LogP contribution in [0.5, 0.6) is 5.75 Å². The summed E-state index contributed by atoms with van der Waals surface area (Å²) < 4.78 is 5.35. The van der Waals surface area contributed by atoms with E-state index in [0.29, 0.717) is 17.7 Å². The predicted molar refractivity (Wildman–Crippen MR) is 110 cm³/mol. The van der Waals surface area contributed by atoms with Gasteiger partial charge in [0.15, 0.2) is 0 Å². The Morgan fingerprint density at radius 2 is 1.54 bits per heavy atom. The summed E-state index contributed by atoms with van der Waals surface area (Å²) in [4.78, 5) is 12.1. The SMILES string of the molecule is Cc1c(O)ccc2c(CNC(c3ccccc3)c3ccccc3)cc(=O)oc12. The first kappa shape index (κ1) is 18.0. The van der Waals surface area contributed by atoms with Gasteiger partial charge < -0.3 is 14.8 Å². The Labute approximate surface area is 163 Å². The standard InChI is InChI=1S/C24H21NO3/c1-16-21(26)13-12-20-19(14-22(27)28-24(16)20)15-25-23(17-8-4-2-5-9-17)18-10-6-3-7-11-18/h2-14,23,25-26H,15H2,1H3. The average Bonchev–Trinajstić information content (AvgIpc) is 2.73. The lowest BCUT2D eigenvalue weighted by Crippen LogP contribution is -2.22. The van der Waals surface area contributed by atoms with E-state index in [4.69, 9.17) is 4.42 Å². The van der Waals surface area contributed by atoms with Crippen LogP contribution >= 0.6 is 0 Å². The Hall–Kier alpha value is -3.37. The highest BCUT2D eigenvalue weighted by Gasteiger charge is 2.15. The second-order valence-electron chi connectivity index (χ2n) is 6.81. The third-order valence-electron chi connectivity index (χ3n) is 4.98. The summed E-state index contributed by atoms with van der Waals surface area (Å²) in [6.45, 7) is 2.23.